The second-order valence-electron chi connectivity index (χ2n) is 7.00. The van der Waals surface area contributed by atoms with E-state index in [0.29, 0.717) is 6.10 Å². The molecule has 0 aliphatic carbocycles. The Balaban J connectivity index is 1.57. The van der Waals surface area contributed by atoms with E-state index in [2.05, 4.69) is 27.7 Å². The maximum absolute atomic E-state index is 13.1. The van der Waals surface area contributed by atoms with Crippen LogP contribution in [-0.2, 0) is 17.8 Å². The number of hydrogen-bond acceptors (Lipinski definition) is 3. The van der Waals surface area contributed by atoms with Crippen LogP contribution >= 0.6 is 0 Å². The van der Waals surface area contributed by atoms with E-state index in [4.69, 9.17) is 4.74 Å². The number of halogens is 1. The molecule has 0 radical (unpaired) electrons. The fourth-order valence-electron chi connectivity index (χ4n) is 3.50. The molecule has 0 N–H and O–H groups in total. The molecule has 0 amide bonds. The second kappa shape index (κ2) is 8.59. The third-order valence-electron chi connectivity index (χ3n) is 4.75. The van der Waals surface area contributed by atoms with Gasteiger partial charge in [0, 0.05) is 38.5 Å². The van der Waals surface area contributed by atoms with E-state index in [-0.39, 0.29) is 5.82 Å². The lowest BCUT2D eigenvalue weighted by molar-refractivity contribution is 0.0696. The number of rotatable bonds is 8. The van der Waals surface area contributed by atoms with Crippen molar-refractivity contribution in [2.24, 2.45) is 0 Å². The van der Waals surface area contributed by atoms with Gasteiger partial charge in [-0.1, -0.05) is 12.1 Å². The standard InChI is InChI=1S/C20H28FN3O/c1-16-13-17(2)24(22-16)11-4-10-23(15-20-5-3-12-25-20)14-18-6-8-19(21)9-7-18/h6-9,13,20H,3-5,10-12,14-15H2,1-2H3/t20-/m0/s1. The molecule has 2 aromatic rings. The highest BCUT2D eigenvalue weighted by atomic mass is 19.1. The molecule has 25 heavy (non-hydrogen) atoms. The smallest absolute Gasteiger partial charge is 0.123 e. The van der Waals surface area contributed by atoms with Gasteiger partial charge in [-0.3, -0.25) is 9.58 Å². The van der Waals surface area contributed by atoms with Crippen LogP contribution in [0.2, 0.25) is 0 Å². The number of nitrogens with zero attached hydrogens (tertiary/aromatic N) is 3. The molecule has 0 saturated carbocycles. The summed E-state index contributed by atoms with van der Waals surface area (Å²) in [5, 5.41) is 4.54. The number of benzene rings is 1. The molecule has 1 aromatic heterocycles. The van der Waals surface area contributed by atoms with E-state index in [0.717, 1.165) is 63.3 Å². The summed E-state index contributed by atoms with van der Waals surface area (Å²) in [6.07, 6.45) is 3.66. The molecule has 5 heteroatoms. The van der Waals surface area contributed by atoms with Crippen LogP contribution in [0.4, 0.5) is 4.39 Å². The SMILES string of the molecule is Cc1cc(C)n(CCCN(Cc2ccc(F)cc2)C[C@@H]2CCCO2)n1. The van der Waals surface area contributed by atoms with Crippen LogP contribution in [0.15, 0.2) is 30.3 Å². The van der Waals surface area contributed by atoms with Crippen LogP contribution < -0.4 is 0 Å². The molecule has 1 atom stereocenters. The topological polar surface area (TPSA) is 30.3 Å². The number of aryl methyl sites for hydroxylation is 3. The molecular formula is C20H28FN3O. The Morgan fingerprint density at radius 2 is 2.08 bits per heavy atom. The first-order chi connectivity index (χ1) is 12.1. The van der Waals surface area contributed by atoms with Gasteiger partial charge in [0.25, 0.3) is 0 Å². The number of aromatic nitrogens is 2. The van der Waals surface area contributed by atoms with E-state index < -0.39 is 0 Å². The van der Waals surface area contributed by atoms with Crippen molar-refractivity contribution in [3.8, 4) is 0 Å². The van der Waals surface area contributed by atoms with Gasteiger partial charge in [0.15, 0.2) is 0 Å². The third kappa shape index (κ3) is 5.38. The Bertz CT molecular complexity index is 662. The third-order valence-corrected chi connectivity index (χ3v) is 4.75. The minimum atomic E-state index is -0.182. The van der Waals surface area contributed by atoms with Crippen molar-refractivity contribution in [1.29, 1.82) is 0 Å². The normalized spacial score (nSPS) is 17.5. The van der Waals surface area contributed by atoms with Gasteiger partial charge in [-0.2, -0.15) is 5.10 Å². The van der Waals surface area contributed by atoms with Crippen molar-refractivity contribution < 1.29 is 9.13 Å². The van der Waals surface area contributed by atoms with Crippen LogP contribution in [0, 0.1) is 19.7 Å². The molecule has 1 aliphatic rings. The first-order valence-corrected chi connectivity index (χ1v) is 9.19. The number of hydrogen-bond donors (Lipinski definition) is 0. The van der Waals surface area contributed by atoms with Crippen molar-refractivity contribution in [3.05, 3.63) is 53.1 Å². The molecule has 0 spiro atoms. The van der Waals surface area contributed by atoms with Crippen molar-refractivity contribution in [2.75, 3.05) is 19.7 Å². The zero-order chi connectivity index (χ0) is 17.6. The molecule has 4 nitrogen and oxygen atoms in total. The van der Waals surface area contributed by atoms with E-state index >= 15 is 0 Å². The van der Waals surface area contributed by atoms with Crippen molar-refractivity contribution in [2.45, 2.75) is 52.3 Å². The van der Waals surface area contributed by atoms with Gasteiger partial charge in [0.2, 0.25) is 0 Å². The summed E-state index contributed by atoms with van der Waals surface area (Å²) in [6.45, 7) is 8.68. The lowest BCUT2D eigenvalue weighted by atomic mass is 10.1. The second-order valence-corrected chi connectivity index (χ2v) is 7.00. The lowest BCUT2D eigenvalue weighted by Crippen LogP contribution is -2.33. The van der Waals surface area contributed by atoms with Crippen LogP contribution in [0.25, 0.3) is 0 Å². The van der Waals surface area contributed by atoms with Gasteiger partial charge < -0.3 is 4.74 Å². The summed E-state index contributed by atoms with van der Waals surface area (Å²) in [5.74, 6) is -0.182. The van der Waals surface area contributed by atoms with E-state index in [1.807, 2.05) is 19.1 Å². The Morgan fingerprint density at radius 1 is 1.28 bits per heavy atom. The zero-order valence-electron chi connectivity index (χ0n) is 15.2. The monoisotopic (exact) mass is 345 g/mol. The molecule has 1 saturated heterocycles. The predicted octanol–water partition coefficient (Wildman–Crippen LogP) is 3.71. The van der Waals surface area contributed by atoms with Crippen molar-refractivity contribution >= 4 is 0 Å². The predicted molar refractivity (Wildman–Crippen MR) is 97.0 cm³/mol. The quantitative estimate of drug-likeness (QED) is 0.731. The minimum absolute atomic E-state index is 0.182. The Labute approximate surface area is 149 Å². The highest BCUT2D eigenvalue weighted by Crippen LogP contribution is 2.16. The molecule has 3 rings (SSSR count). The molecular weight excluding hydrogens is 317 g/mol. The van der Waals surface area contributed by atoms with Crippen molar-refractivity contribution in [1.82, 2.24) is 14.7 Å². The summed E-state index contributed by atoms with van der Waals surface area (Å²) in [7, 11) is 0. The van der Waals surface area contributed by atoms with Crippen LogP contribution in [-0.4, -0.2) is 40.5 Å². The van der Waals surface area contributed by atoms with Gasteiger partial charge in [-0.25, -0.2) is 4.39 Å². The highest BCUT2D eigenvalue weighted by molar-refractivity contribution is 5.16. The highest BCUT2D eigenvalue weighted by Gasteiger charge is 2.19. The molecule has 2 heterocycles. The maximum Gasteiger partial charge on any atom is 0.123 e. The Kier molecular flexibility index (Phi) is 6.21. The molecule has 1 aromatic carbocycles. The van der Waals surface area contributed by atoms with Gasteiger partial charge in [-0.05, 0) is 56.9 Å². The van der Waals surface area contributed by atoms with E-state index in [1.54, 1.807) is 0 Å². The summed E-state index contributed by atoms with van der Waals surface area (Å²) >= 11 is 0. The van der Waals surface area contributed by atoms with Crippen molar-refractivity contribution in [3.63, 3.8) is 0 Å². The minimum Gasteiger partial charge on any atom is -0.377 e. The fourth-order valence-corrected chi connectivity index (χ4v) is 3.50. The van der Waals surface area contributed by atoms with Crippen LogP contribution in [0.3, 0.4) is 0 Å². The summed E-state index contributed by atoms with van der Waals surface area (Å²) in [5.41, 5.74) is 3.42. The lowest BCUT2D eigenvalue weighted by Gasteiger charge is -2.25. The van der Waals surface area contributed by atoms with Gasteiger partial charge in [-0.15, -0.1) is 0 Å². The molecule has 0 unspecified atom stereocenters. The Hall–Kier alpha value is -1.72. The first kappa shape index (κ1) is 18.1. The van der Waals surface area contributed by atoms with Gasteiger partial charge >= 0.3 is 0 Å². The fraction of sp³-hybridized carbons (Fsp3) is 0.550. The van der Waals surface area contributed by atoms with Crippen LogP contribution in [0.5, 0.6) is 0 Å². The van der Waals surface area contributed by atoms with Gasteiger partial charge in [0.1, 0.15) is 5.82 Å². The largest absolute Gasteiger partial charge is 0.377 e. The van der Waals surface area contributed by atoms with E-state index in [9.17, 15) is 4.39 Å². The maximum atomic E-state index is 13.1. The Morgan fingerprint density at radius 3 is 2.72 bits per heavy atom. The number of ether oxygens (including phenoxy) is 1. The first-order valence-electron chi connectivity index (χ1n) is 9.19. The molecule has 136 valence electrons. The van der Waals surface area contributed by atoms with E-state index in [1.165, 1.54) is 17.8 Å². The molecule has 0 bridgehead atoms. The molecule has 1 fully saturated rings. The average Bonchev–Trinajstić information content (AvgIpc) is 3.19. The molecule has 1 aliphatic heterocycles. The summed E-state index contributed by atoms with van der Waals surface area (Å²) in [6, 6.07) is 8.94. The average molecular weight is 345 g/mol. The summed E-state index contributed by atoms with van der Waals surface area (Å²) in [4.78, 5) is 2.43. The van der Waals surface area contributed by atoms with Crippen LogP contribution in [0.1, 0.15) is 36.2 Å². The summed E-state index contributed by atoms with van der Waals surface area (Å²) < 4.78 is 21.0. The zero-order valence-corrected chi connectivity index (χ0v) is 15.2. The van der Waals surface area contributed by atoms with Gasteiger partial charge in [0.05, 0.1) is 11.8 Å².